The molecule has 1 unspecified atom stereocenters. The molecule has 0 aliphatic carbocycles. The first kappa shape index (κ1) is 53.0. The zero-order valence-corrected chi connectivity index (χ0v) is 43.2. The Balaban J connectivity index is 0.780. The highest BCUT2D eigenvalue weighted by Crippen LogP contribution is 2.43. The first-order chi connectivity index (χ1) is 36.6. The zero-order valence-electron chi connectivity index (χ0n) is 42.4. The fraction of sp³-hybridized carbons (Fsp3) is 0.423. The molecule has 0 saturated heterocycles. The molecule has 3 aliphatic heterocycles. The second-order valence-corrected chi connectivity index (χ2v) is 20.8. The van der Waals surface area contributed by atoms with Gasteiger partial charge in [0.25, 0.3) is 5.56 Å². The van der Waals surface area contributed by atoms with Gasteiger partial charge in [-0.05, 0) is 93.8 Å². The van der Waals surface area contributed by atoms with Gasteiger partial charge in [-0.3, -0.25) is 19.1 Å². The van der Waals surface area contributed by atoms with Crippen molar-refractivity contribution in [2.75, 3.05) is 38.0 Å². The minimum Gasteiger partial charge on any atom is -0.458 e. The number of hydrogen-bond acceptors (Lipinski definition) is 18. The molecule has 4 aromatic heterocycles. The third-order valence-electron chi connectivity index (χ3n) is 13.8. The van der Waals surface area contributed by atoms with Gasteiger partial charge in [0.1, 0.15) is 24.9 Å². The van der Waals surface area contributed by atoms with E-state index in [4.69, 9.17) is 29.7 Å². The molecule has 9 rings (SSSR count). The predicted molar refractivity (Wildman–Crippen MR) is 274 cm³/mol. The molecule has 24 heteroatoms. The fourth-order valence-corrected chi connectivity index (χ4v) is 10.0. The average molecular weight is 1060 g/mol. The number of aromatic nitrogens is 7. The second kappa shape index (κ2) is 22.6. The van der Waals surface area contributed by atoms with E-state index in [0.717, 1.165) is 22.8 Å². The number of fused-ring (bicyclic) bond motifs is 6. The van der Waals surface area contributed by atoms with Gasteiger partial charge in [-0.25, -0.2) is 33.0 Å². The maximum Gasteiger partial charge on any atom is 0.410 e. The summed E-state index contributed by atoms with van der Waals surface area (Å²) in [5.41, 5.74) is 9.16. The van der Waals surface area contributed by atoms with E-state index >= 15 is 0 Å². The molecule has 7 heterocycles. The summed E-state index contributed by atoms with van der Waals surface area (Å²) in [6, 6.07) is 11.4. The van der Waals surface area contributed by atoms with Crippen LogP contribution in [0.3, 0.4) is 0 Å². The van der Waals surface area contributed by atoms with Crippen LogP contribution in [0.1, 0.15) is 93.0 Å². The van der Waals surface area contributed by atoms with Crippen LogP contribution in [0.5, 0.6) is 11.5 Å². The number of carbonyl (C=O) groups is 4. The summed E-state index contributed by atoms with van der Waals surface area (Å²) in [4.78, 5) is 81.4. The van der Waals surface area contributed by atoms with Crippen LogP contribution >= 0.6 is 0 Å². The number of nitrogens with one attached hydrogen (secondary N) is 2. The number of aliphatic hydroxyl groups is 1. The fourth-order valence-electron chi connectivity index (χ4n) is 9.56. The Morgan fingerprint density at radius 3 is 2.46 bits per heavy atom. The van der Waals surface area contributed by atoms with E-state index in [9.17, 15) is 37.5 Å². The summed E-state index contributed by atoms with van der Waals surface area (Å²) in [6.07, 6.45) is 9.29. The van der Waals surface area contributed by atoms with E-state index in [1.807, 2.05) is 13.0 Å². The van der Waals surface area contributed by atoms with Gasteiger partial charge >= 0.3 is 12.1 Å². The maximum atomic E-state index is 14.0. The Morgan fingerprint density at radius 2 is 1.74 bits per heavy atom. The number of rotatable bonds is 22. The van der Waals surface area contributed by atoms with Gasteiger partial charge in [-0.15, -0.1) is 5.10 Å². The van der Waals surface area contributed by atoms with Crippen LogP contribution in [0, 0.1) is 0 Å². The normalized spacial score (nSPS) is 15.6. The molecule has 6 aromatic rings. The second-order valence-electron chi connectivity index (χ2n) is 18.9. The third-order valence-corrected chi connectivity index (χ3v) is 14.7. The summed E-state index contributed by atoms with van der Waals surface area (Å²) in [5, 5.41) is 25.9. The van der Waals surface area contributed by atoms with Crippen molar-refractivity contribution in [2.45, 2.75) is 115 Å². The Hall–Kier alpha value is -7.83. The number of sulfone groups is 1. The van der Waals surface area contributed by atoms with Crippen molar-refractivity contribution >= 4 is 50.3 Å². The SMILES string of the molecule is CCN(CCc1c2c(nc3cc4c(cc13)OCO4)-c1cc3c(c(=O)n1C2)COC(=O)[C@]3(O)CC)C(=O)OCc1ccc(NC(=O)C(CCCCN)NC(=O)CCCCCn2cc(-c3cnc(S(C)(=O)=O)nc3)nn2)cc1. The number of cyclic esters (lactones) is 1. The molecular weight excluding hydrogens is 1000 g/mol. The Bertz CT molecular complexity index is 3370. The first-order valence-corrected chi connectivity index (χ1v) is 27.1. The number of nitrogens with zero attached hydrogens (tertiary/aromatic N) is 8. The molecule has 0 fully saturated rings. The number of aryl methyl sites for hydroxylation is 1. The van der Waals surface area contributed by atoms with E-state index < -0.39 is 33.5 Å². The topological polar surface area (TPSA) is 304 Å². The van der Waals surface area contributed by atoms with Crippen LogP contribution in [-0.4, -0.2) is 116 Å². The molecule has 0 radical (unpaired) electrons. The van der Waals surface area contributed by atoms with Gasteiger partial charge in [0.05, 0.1) is 35.2 Å². The number of unbranched alkanes of at least 4 members (excludes halogenated alkanes) is 3. The molecular formula is C52H59N11O12S. The molecule has 2 atom stereocenters. The van der Waals surface area contributed by atoms with E-state index in [0.29, 0.717) is 115 Å². The van der Waals surface area contributed by atoms with Crippen molar-refractivity contribution in [1.82, 2.24) is 44.7 Å². The van der Waals surface area contributed by atoms with E-state index in [1.165, 1.54) is 12.4 Å². The third kappa shape index (κ3) is 11.2. The van der Waals surface area contributed by atoms with Crippen LogP contribution in [0.25, 0.3) is 33.5 Å². The van der Waals surface area contributed by atoms with Gasteiger partial charge in [0.2, 0.25) is 33.6 Å². The summed E-state index contributed by atoms with van der Waals surface area (Å²) in [5.74, 6) is -0.365. The van der Waals surface area contributed by atoms with Gasteiger partial charge in [0.15, 0.2) is 17.1 Å². The van der Waals surface area contributed by atoms with Crippen LogP contribution in [0.4, 0.5) is 10.5 Å². The summed E-state index contributed by atoms with van der Waals surface area (Å²) < 4.78 is 49.0. The lowest BCUT2D eigenvalue weighted by Gasteiger charge is -2.31. The standard InChI is InChI=1S/C52H59N11O12S/c1-4-52(69)38-22-42-46-36(26-63(42)48(66)37(38)29-72-49(52)67)34(35-21-43-44(75-30-74-43)23-40(35)58-46)17-20-61(5-2)51(68)73-28-31-13-15-33(16-14-31)56-47(65)39(11-8-9-18-53)57-45(64)12-7-6-10-19-62-27-41(59-60-62)32-24-54-50(55-25-32)76(3,70)71/h13-16,21-25,27,39,69H,4-12,17-20,26,28-30,53H2,1-3H3,(H,56,65)(H,57,64)/t39?,52-/m0/s1. The largest absolute Gasteiger partial charge is 0.458 e. The quantitative estimate of drug-likeness (QED) is 0.0418. The number of benzene rings is 2. The van der Waals surface area contributed by atoms with Crippen LogP contribution in [0.15, 0.2) is 71.0 Å². The van der Waals surface area contributed by atoms with E-state index in [-0.39, 0.29) is 79.6 Å². The lowest BCUT2D eigenvalue weighted by Crippen LogP contribution is -2.44. The molecule has 76 heavy (non-hydrogen) atoms. The Labute approximate surface area is 437 Å². The Kier molecular flexibility index (Phi) is 15.7. The van der Waals surface area contributed by atoms with E-state index in [2.05, 4.69) is 30.9 Å². The van der Waals surface area contributed by atoms with Crippen molar-refractivity contribution in [3.63, 3.8) is 0 Å². The molecule has 5 N–H and O–H groups in total. The van der Waals surface area contributed by atoms with Crippen molar-refractivity contribution in [3.05, 3.63) is 99.2 Å². The first-order valence-electron chi connectivity index (χ1n) is 25.2. The highest BCUT2D eigenvalue weighted by Gasteiger charge is 2.45. The minimum absolute atomic E-state index is 0.0110. The van der Waals surface area contributed by atoms with Crippen LogP contribution in [-0.2, 0) is 72.0 Å². The minimum atomic E-state index is -3.53. The molecule has 23 nitrogen and oxygen atoms in total. The number of pyridine rings is 2. The number of likely N-dealkylation sites (N-methyl/N-ethyl adjacent to an activating group) is 1. The molecule has 400 valence electrons. The van der Waals surface area contributed by atoms with Gasteiger partial charge in [-0.1, -0.05) is 30.7 Å². The summed E-state index contributed by atoms with van der Waals surface area (Å²) in [7, 11) is -3.53. The summed E-state index contributed by atoms with van der Waals surface area (Å²) >= 11 is 0. The number of anilines is 1. The highest BCUT2D eigenvalue weighted by atomic mass is 32.2. The van der Waals surface area contributed by atoms with Gasteiger partial charge in [-0.2, -0.15) is 0 Å². The maximum absolute atomic E-state index is 14.0. The predicted octanol–water partition coefficient (Wildman–Crippen LogP) is 4.27. The number of ether oxygens (including phenoxy) is 4. The van der Waals surface area contributed by atoms with Gasteiger partial charge in [0, 0.05) is 78.5 Å². The molecule has 3 aliphatic rings. The number of carbonyl (C=O) groups excluding carboxylic acids is 4. The monoisotopic (exact) mass is 1060 g/mol. The number of esters is 1. The molecule has 0 spiro atoms. The van der Waals surface area contributed by atoms with Crippen molar-refractivity contribution < 1.29 is 51.6 Å². The van der Waals surface area contributed by atoms with Crippen LogP contribution < -0.4 is 31.4 Å². The summed E-state index contributed by atoms with van der Waals surface area (Å²) in [6.45, 7) is 5.00. The lowest BCUT2D eigenvalue weighted by molar-refractivity contribution is -0.172. The smallest absolute Gasteiger partial charge is 0.410 e. The molecule has 3 amide bonds. The Morgan fingerprint density at radius 1 is 0.974 bits per heavy atom. The highest BCUT2D eigenvalue weighted by molar-refractivity contribution is 7.90. The van der Waals surface area contributed by atoms with E-state index in [1.54, 1.807) is 63.7 Å². The number of amides is 3. The van der Waals surface area contributed by atoms with Gasteiger partial charge < -0.3 is 49.9 Å². The number of hydrogen-bond donors (Lipinski definition) is 4. The van der Waals surface area contributed by atoms with Crippen molar-refractivity contribution in [3.8, 4) is 34.1 Å². The average Bonchev–Trinajstić information content (AvgIpc) is 4.22. The van der Waals surface area contributed by atoms with Crippen molar-refractivity contribution in [1.29, 1.82) is 0 Å². The van der Waals surface area contributed by atoms with Crippen molar-refractivity contribution in [2.24, 2.45) is 5.73 Å². The molecule has 0 bridgehead atoms. The number of nitrogens with two attached hydrogens (primary N) is 1. The van der Waals surface area contributed by atoms with Crippen LogP contribution in [0.2, 0.25) is 0 Å². The zero-order chi connectivity index (χ0) is 53.7. The molecule has 0 saturated carbocycles. The lowest BCUT2D eigenvalue weighted by atomic mass is 9.86. The molecule has 2 aromatic carbocycles.